The molecule has 1 nitrogen and oxygen atoms in total. The molecule has 0 radical (unpaired) electrons. The van der Waals surface area contributed by atoms with Gasteiger partial charge < -0.3 is 5.32 Å². The maximum atomic E-state index is 3.54. The summed E-state index contributed by atoms with van der Waals surface area (Å²) < 4.78 is 0. The standard InChI is InChI=1S/C30H29N/c1-21-10-17-30(24(4)18-21)31-28-15-12-25(13-16-28)20-29(26-8-6-5-7-9-26)27-14-11-22(2)23(3)19-27/h5-20,31H,1-4H3. The van der Waals surface area contributed by atoms with Crippen LogP contribution in [0, 0.1) is 27.7 Å². The van der Waals surface area contributed by atoms with E-state index in [4.69, 9.17) is 0 Å². The van der Waals surface area contributed by atoms with Gasteiger partial charge in [-0.05, 0) is 90.9 Å². The first-order chi connectivity index (χ1) is 15.0. The molecule has 0 aliphatic heterocycles. The molecule has 0 saturated heterocycles. The SMILES string of the molecule is Cc1ccc(Nc2ccc(C=C(c3ccccc3)c3ccc(C)c(C)c3)cc2)c(C)c1. The highest BCUT2D eigenvalue weighted by Crippen LogP contribution is 2.28. The largest absolute Gasteiger partial charge is 0.355 e. The molecule has 154 valence electrons. The van der Waals surface area contributed by atoms with Gasteiger partial charge >= 0.3 is 0 Å². The summed E-state index contributed by atoms with van der Waals surface area (Å²) in [4.78, 5) is 0. The van der Waals surface area contributed by atoms with Gasteiger partial charge in [0.2, 0.25) is 0 Å². The van der Waals surface area contributed by atoms with Gasteiger partial charge in [-0.1, -0.05) is 78.4 Å². The Bertz CT molecular complexity index is 1220. The van der Waals surface area contributed by atoms with Gasteiger partial charge in [-0.3, -0.25) is 0 Å². The molecule has 0 heterocycles. The molecule has 0 unspecified atom stereocenters. The average molecular weight is 404 g/mol. The first kappa shape index (κ1) is 20.7. The van der Waals surface area contributed by atoms with Gasteiger partial charge in [0.05, 0.1) is 0 Å². The molecule has 0 aliphatic rings. The minimum absolute atomic E-state index is 1.09. The van der Waals surface area contributed by atoms with Crippen molar-refractivity contribution < 1.29 is 0 Å². The molecule has 31 heavy (non-hydrogen) atoms. The van der Waals surface area contributed by atoms with Gasteiger partial charge in [-0.25, -0.2) is 0 Å². The number of nitrogens with one attached hydrogen (secondary N) is 1. The summed E-state index contributed by atoms with van der Waals surface area (Å²) in [6.45, 7) is 8.60. The van der Waals surface area contributed by atoms with Crippen molar-refractivity contribution in [2.75, 3.05) is 5.32 Å². The van der Waals surface area contributed by atoms with E-state index in [0.29, 0.717) is 0 Å². The van der Waals surface area contributed by atoms with Crippen LogP contribution in [0.25, 0.3) is 11.6 Å². The number of rotatable bonds is 5. The quantitative estimate of drug-likeness (QED) is 0.331. The van der Waals surface area contributed by atoms with Crippen LogP contribution in [0.2, 0.25) is 0 Å². The van der Waals surface area contributed by atoms with Crippen molar-refractivity contribution in [3.8, 4) is 0 Å². The van der Waals surface area contributed by atoms with E-state index in [-0.39, 0.29) is 0 Å². The smallest absolute Gasteiger partial charge is 0.0414 e. The van der Waals surface area contributed by atoms with Gasteiger partial charge in [-0.15, -0.1) is 0 Å². The van der Waals surface area contributed by atoms with E-state index >= 15 is 0 Å². The predicted octanol–water partition coefficient (Wildman–Crippen LogP) is 8.25. The van der Waals surface area contributed by atoms with Crippen LogP contribution in [0.5, 0.6) is 0 Å². The van der Waals surface area contributed by atoms with Crippen LogP contribution in [-0.4, -0.2) is 0 Å². The lowest BCUT2D eigenvalue weighted by molar-refractivity contribution is 1.33. The number of hydrogen-bond donors (Lipinski definition) is 1. The van der Waals surface area contributed by atoms with Crippen molar-refractivity contribution in [1.29, 1.82) is 0 Å². The minimum atomic E-state index is 1.09. The molecule has 0 amide bonds. The zero-order chi connectivity index (χ0) is 21.8. The van der Waals surface area contributed by atoms with E-state index in [2.05, 4.69) is 130 Å². The van der Waals surface area contributed by atoms with Crippen molar-refractivity contribution in [2.45, 2.75) is 27.7 Å². The highest BCUT2D eigenvalue weighted by molar-refractivity contribution is 5.91. The fourth-order valence-electron chi connectivity index (χ4n) is 3.80. The molecule has 4 rings (SSSR count). The molecule has 0 saturated carbocycles. The Morgan fingerprint density at radius 2 is 1.35 bits per heavy atom. The van der Waals surface area contributed by atoms with Gasteiger partial charge in [-0.2, -0.15) is 0 Å². The third-order valence-corrected chi connectivity index (χ3v) is 5.79. The molecule has 1 heteroatoms. The van der Waals surface area contributed by atoms with Crippen LogP contribution in [0.4, 0.5) is 11.4 Å². The molecule has 0 aromatic heterocycles. The van der Waals surface area contributed by atoms with Crippen molar-refractivity contribution in [3.05, 3.63) is 130 Å². The summed E-state index contributed by atoms with van der Waals surface area (Å²) in [5.41, 5.74) is 12.3. The summed E-state index contributed by atoms with van der Waals surface area (Å²) in [5.74, 6) is 0. The van der Waals surface area contributed by atoms with Crippen molar-refractivity contribution in [3.63, 3.8) is 0 Å². The summed E-state index contributed by atoms with van der Waals surface area (Å²) in [7, 11) is 0. The fraction of sp³-hybridized carbons (Fsp3) is 0.133. The van der Waals surface area contributed by atoms with E-state index in [0.717, 1.165) is 11.4 Å². The topological polar surface area (TPSA) is 12.0 Å². The number of benzene rings is 4. The lowest BCUT2D eigenvalue weighted by atomic mass is 9.93. The van der Waals surface area contributed by atoms with Gasteiger partial charge in [0, 0.05) is 11.4 Å². The third kappa shape index (κ3) is 4.95. The van der Waals surface area contributed by atoms with Crippen molar-refractivity contribution >= 4 is 23.0 Å². The fourth-order valence-corrected chi connectivity index (χ4v) is 3.80. The molecular weight excluding hydrogens is 374 g/mol. The van der Waals surface area contributed by atoms with Gasteiger partial charge in [0.15, 0.2) is 0 Å². The second-order valence-electron chi connectivity index (χ2n) is 8.29. The van der Waals surface area contributed by atoms with Gasteiger partial charge in [0.1, 0.15) is 0 Å². The van der Waals surface area contributed by atoms with Crippen LogP contribution < -0.4 is 5.32 Å². The molecule has 1 N–H and O–H groups in total. The van der Waals surface area contributed by atoms with E-state index in [1.165, 1.54) is 44.5 Å². The summed E-state index contributed by atoms with van der Waals surface area (Å²) in [5, 5.41) is 3.54. The summed E-state index contributed by atoms with van der Waals surface area (Å²) >= 11 is 0. The zero-order valence-corrected chi connectivity index (χ0v) is 18.7. The Kier molecular flexibility index (Phi) is 6.04. The van der Waals surface area contributed by atoms with E-state index in [9.17, 15) is 0 Å². The Balaban J connectivity index is 1.66. The second-order valence-corrected chi connectivity index (χ2v) is 8.29. The number of hydrogen-bond acceptors (Lipinski definition) is 1. The van der Waals surface area contributed by atoms with E-state index < -0.39 is 0 Å². The van der Waals surface area contributed by atoms with Crippen molar-refractivity contribution in [1.82, 2.24) is 0 Å². The van der Waals surface area contributed by atoms with Crippen LogP contribution >= 0.6 is 0 Å². The zero-order valence-electron chi connectivity index (χ0n) is 18.7. The molecule has 0 atom stereocenters. The van der Waals surface area contributed by atoms with E-state index in [1.807, 2.05) is 0 Å². The highest BCUT2D eigenvalue weighted by Gasteiger charge is 2.07. The normalized spacial score (nSPS) is 11.4. The first-order valence-corrected chi connectivity index (χ1v) is 10.8. The number of aryl methyl sites for hydroxylation is 4. The molecule has 4 aromatic rings. The van der Waals surface area contributed by atoms with Gasteiger partial charge in [0.25, 0.3) is 0 Å². The van der Waals surface area contributed by atoms with Crippen LogP contribution in [-0.2, 0) is 0 Å². The molecule has 0 spiro atoms. The lowest BCUT2D eigenvalue weighted by Gasteiger charge is -2.12. The molecule has 0 bridgehead atoms. The molecular formula is C30H29N. The predicted molar refractivity (Wildman–Crippen MR) is 135 cm³/mol. The van der Waals surface area contributed by atoms with Crippen molar-refractivity contribution in [2.24, 2.45) is 0 Å². The lowest BCUT2D eigenvalue weighted by Crippen LogP contribution is -1.94. The Labute approximate surface area is 186 Å². The Morgan fingerprint density at radius 1 is 0.613 bits per heavy atom. The number of anilines is 2. The monoisotopic (exact) mass is 403 g/mol. The van der Waals surface area contributed by atoms with Crippen LogP contribution in [0.1, 0.15) is 38.9 Å². The summed E-state index contributed by atoms with van der Waals surface area (Å²) in [6, 6.07) is 32.5. The Morgan fingerprint density at radius 3 is 2.03 bits per heavy atom. The Hall–Kier alpha value is -3.58. The molecule has 0 fully saturated rings. The molecule has 4 aromatic carbocycles. The summed E-state index contributed by atoms with van der Waals surface area (Å²) in [6.07, 6.45) is 2.28. The van der Waals surface area contributed by atoms with Crippen LogP contribution in [0.3, 0.4) is 0 Å². The first-order valence-electron chi connectivity index (χ1n) is 10.8. The maximum Gasteiger partial charge on any atom is 0.0414 e. The molecule has 0 aliphatic carbocycles. The maximum absolute atomic E-state index is 3.54. The third-order valence-electron chi connectivity index (χ3n) is 5.79. The van der Waals surface area contributed by atoms with E-state index in [1.54, 1.807) is 0 Å². The average Bonchev–Trinajstić information content (AvgIpc) is 2.78. The highest BCUT2D eigenvalue weighted by atomic mass is 14.9. The van der Waals surface area contributed by atoms with Crippen LogP contribution in [0.15, 0.2) is 91.0 Å². The second kappa shape index (κ2) is 9.06. The minimum Gasteiger partial charge on any atom is -0.355 e.